The Hall–Kier alpha value is -1.40. The minimum atomic E-state index is -0.105. The Morgan fingerprint density at radius 2 is 2.24 bits per heavy atom. The summed E-state index contributed by atoms with van der Waals surface area (Å²) in [6.45, 7) is 8.93. The molecule has 6 heteroatoms. The first-order valence-electron chi connectivity index (χ1n) is 7.60. The quantitative estimate of drug-likeness (QED) is 0.775. The van der Waals surface area contributed by atoms with E-state index in [1.807, 2.05) is 18.5 Å². The highest BCUT2D eigenvalue weighted by Gasteiger charge is 2.38. The van der Waals surface area contributed by atoms with Crippen molar-refractivity contribution in [3.05, 3.63) is 17.5 Å². The molecule has 3 rings (SSSR count). The van der Waals surface area contributed by atoms with E-state index in [1.54, 1.807) is 0 Å². The van der Waals surface area contributed by atoms with E-state index in [1.165, 1.54) is 0 Å². The van der Waals surface area contributed by atoms with Gasteiger partial charge in [-0.1, -0.05) is 0 Å². The molecule has 2 fully saturated rings. The molecule has 0 aliphatic carbocycles. The smallest absolute Gasteiger partial charge is 0.323 e. The molecule has 0 radical (unpaired) electrons. The van der Waals surface area contributed by atoms with Crippen LogP contribution in [-0.4, -0.2) is 58.6 Å². The van der Waals surface area contributed by atoms with Gasteiger partial charge in [0.15, 0.2) is 0 Å². The zero-order valence-corrected chi connectivity index (χ0v) is 12.9. The van der Waals surface area contributed by atoms with Crippen molar-refractivity contribution in [3.8, 4) is 0 Å². The molecule has 2 saturated heterocycles. The topological polar surface area (TPSA) is 56.6 Å². The van der Waals surface area contributed by atoms with Crippen LogP contribution in [0.25, 0.3) is 0 Å². The lowest BCUT2D eigenvalue weighted by molar-refractivity contribution is -0.147. The normalized spacial score (nSPS) is 30.6. The maximum atomic E-state index is 11.9. The van der Waals surface area contributed by atoms with Crippen molar-refractivity contribution < 1.29 is 14.3 Å². The van der Waals surface area contributed by atoms with Crippen molar-refractivity contribution in [3.63, 3.8) is 0 Å². The van der Waals surface area contributed by atoms with Gasteiger partial charge in [0.2, 0.25) is 0 Å². The molecule has 3 heterocycles. The summed E-state index contributed by atoms with van der Waals surface area (Å²) in [5.74, 6) is -0.0886. The highest BCUT2D eigenvalue weighted by atomic mass is 16.6. The highest BCUT2D eigenvalue weighted by Crippen LogP contribution is 2.22. The van der Waals surface area contributed by atoms with E-state index in [9.17, 15) is 4.79 Å². The van der Waals surface area contributed by atoms with E-state index in [0.717, 1.165) is 37.4 Å². The van der Waals surface area contributed by atoms with Crippen molar-refractivity contribution >= 4 is 5.97 Å². The highest BCUT2D eigenvalue weighted by molar-refractivity contribution is 5.78. The molecule has 6 nitrogen and oxygen atoms in total. The Labute approximate surface area is 125 Å². The van der Waals surface area contributed by atoms with Gasteiger partial charge in [0, 0.05) is 25.2 Å². The number of cyclic esters (lactones) is 1. The third-order valence-electron chi connectivity index (χ3n) is 4.24. The zero-order valence-electron chi connectivity index (χ0n) is 12.9. The minimum absolute atomic E-state index is 0.0276. The second kappa shape index (κ2) is 5.77. The van der Waals surface area contributed by atoms with Crippen LogP contribution in [-0.2, 0) is 20.8 Å². The average molecular weight is 293 g/mol. The van der Waals surface area contributed by atoms with Gasteiger partial charge in [-0.15, -0.1) is 0 Å². The van der Waals surface area contributed by atoms with Gasteiger partial charge in [0.25, 0.3) is 0 Å². The SMILES string of the molecule is Cc1cc(C)n(C[C@@H]2CN([C@H]3C[C@H](C)OC3=O)CCO2)n1. The number of rotatable bonds is 3. The number of esters is 1. The van der Waals surface area contributed by atoms with Crippen molar-refractivity contribution in [2.24, 2.45) is 0 Å². The van der Waals surface area contributed by atoms with Crippen LogP contribution in [0.3, 0.4) is 0 Å². The summed E-state index contributed by atoms with van der Waals surface area (Å²) >= 11 is 0. The van der Waals surface area contributed by atoms with Gasteiger partial charge in [-0.25, -0.2) is 0 Å². The number of nitrogens with zero attached hydrogens (tertiary/aromatic N) is 3. The van der Waals surface area contributed by atoms with Gasteiger partial charge in [-0.3, -0.25) is 14.4 Å². The molecule has 2 aliphatic heterocycles. The lowest BCUT2D eigenvalue weighted by Gasteiger charge is -2.35. The molecule has 0 spiro atoms. The molecule has 0 bridgehead atoms. The van der Waals surface area contributed by atoms with Crippen LogP contribution in [0.5, 0.6) is 0 Å². The van der Waals surface area contributed by atoms with Gasteiger partial charge < -0.3 is 9.47 Å². The molecule has 0 N–H and O–H groups in total. The molecule has 0 unspecified atom stereocenters. The van der Waals surface area contributed by atoms with Gasteiger partial charge in [-0.2, -0.15) is 5.10 Å². The monoisotopic (exact) mass is 293 g/mol. The molecule has 1 aromatic rings. The number of aryl methyl sites for hydroxylation is 2. The van der Waals surface area contributed by atoms with Gasteiger partial charge >= 0.3 is 5.97 Å². The van der Waals surface area contributed by atoms with E-state index in [4.69, 9.17) is 9.47 Å². The van der Waals surface area contributed by atoms with E-state index < -0.39 is 0 Å². The fourth-order valence-corrected chi connectivity index (χ4v) is 3.22. The Bertz CT molecular complexity index is 528. The summed E-state index contributed by atoms with van der Waals surface area (Å²) in [7, 11) is 0. The third-order valence-corrected chi connectivity index (χ3v) is 4.24. The van der Waals surface area contributed by atoms with Crippen LogP contribution in [0.15, 0.2) is 6.07 Å². The first-order chi connectivity index (χ1) is 10.0. The molecular formula is C15H23N3O3. The standard InChI is InChI=1S/C15H23N3O3/c1-10-6-11(2)18(16-10)9-13-8-17(4-5-20-13)14-7-12(3)21-15(14)19/h6,12-14H,4-5,7-9H2,1-3H3/t12-,13-,14-/m0/s1. The Kier molecular flexibility index (Phi) is 3.99. The number of aromatic nitrogens is 2. The Morgan fingerprint density at radius 3 is 2.86 bits per heavy atom. The molecule has 1 aromatic heterocycles. The van der Waals surface area contributed by atoms with E-state index >= 15 is 0 Å². The molecule has 0 aromatic carbocycles. The second-order valence-corrected chi connectivity index (χ2v) is 6.10. The zero-order chi connectivity index (χ0) is 15.0. The van der Waals surface area contributed by atoms with Crippen molar-refractivity contribution in [1.82, 2.24) is 14.7 Å². The van der Waals surface area contributed by atoms with Crippen LogP contribution >= 0.6 is 0 Å². The van der Waals surface area contributed by atoms with Crippen LogP contribution in [0.2, 0.25) is 0 Å². The number of hydrogen-bond donors (Lipinski definition) is 0. The summed E-state index contributed by atoms with van der Waals surface area (Å²) in [6, 6.07) is 1.96. The molecule has 0 saturated carbocycles. The van der Waals surface area contributed by atoms with E-state index in [-0.39, 0.29) is 24.2 Å². The molecule has 3 atom stereocenters. The molecule has 0 amide bonds. The number of carbonyl (C=O) groups is 1. The summed E-state index contributed by atoms with van der Waals surface area (Å²) in [5.41, 5.74) is 2.16. The Balaban J connectivity index is 1.63. The summed E-state index contributed by atoms with van der Waals surface area (Å²) < 4.78 is 13.1. The first kappa shape index (κ1) is 14.5. The van der Waals surface area contributed by atoms with E-state index in [2.05, 4.69) is 23.0 Å². The van der Waals surface area contributed by atoms with Crippen molar-refractivity contribution in [1.29, 1.82) is 0 Å². The number of ether oxygens (including phenoxy) is 2. The molecule has 2 aliphatic rings. The number of carbonyl (C=O) groups excluding carboxylic acids is 1. The number of morpholine rings is 1. The van der Waals surface area contributed by atoms with Gasteiger partial charge in [0.1, 0.15) is 12.1 Å². The van der Waals surface area contributed by atoms with Crippen LogP contribution in [0.1, 0.15) is 24.7 Å². The lowest BCUT2D eigenvalue weighted by Crippen LogP contribution is -2.50. The van der Waals surface area contributed by atoms with Crippen LogP contribution in [0, 0.1) is 13.8 Å². The first-order valence-corrected chi connectivity index (χ1v) is 7.60. The van der Waals surface area contributed by atoms with E-state index in [0.29, 0.717) is 6.61 Å². The van der Waals surface area contributed by atoms with Crippen molar-refractivity contribution in [2.45, 2.75) is 52.0 Å². The van der Waals surface area contributed by atoms with Crippen LogP contribution in [0.4, 0.5) is 0 Å². The summed E-state index contributed by atoms with van der Waals surface area (Å²) in [5, 5.41) is 4.48. The fraction of sp³-hybridized carbons (Fsp3) is 0.733. The summed E-state index contributed by atoms with van der Waals surface area (Å²) in [6.07, 6.45) is 0.881. The summed E-state index contributed by atoms with van der Waals surface area (Å²) in [4.78, 5) is 14.1. The predicted octanol–water partition coefficient (Wildman–Crippen LogP) is 0.905. The van der Waals surface area contributed by atoms with Gasteiger partial charge in [-0.05, 0) is 26.8 Å². The molecular weight excluding hydrogens is 270 g/mol. The van der Waals surface area contributed by atoms with Crippen LogP contribution < -0.4 is 0 Å². The predicted molar refractivity (Wildman–Crippen MR) is 77.0 cm³/mol. The fourth-order valence-electron chi connectivity index (χ4n) is 3.22. The largest absolute Gasteiger partial charge is 0.461 e. The molecule has 21 heavy (non-hydrogen) atoms. The maximum absolute atomic E-state index is 11.9. The van der Waals surface area contributed by atoms with Crippen molar-refractivity contribution in [2.75, 3.05) is 19.7 Å². The minimum Gasteiger partial charge on any atom is -0.461 e. The van der Waals surface area contributed by atoms with Gasteiger partial charge in [0.05, 0.1) is 24.9 Å². The molecule has 116 valence electrons. The Morgan fingerprint density at radius 1 is 1.43 bits per heavy atom. The third kappa shape index (κ3) is 3.11. The second-order valence-electron chi connectivity index (χ2n) is 6.10. The lowest BCUT2D eigenvalue weighted by atomic mass is 10.1. The number of hydrogen-bond acceptors (Lipinski definition) is 5. The average Bonchev–Trinajstić information content (AvgIpc) is 2.92. The maximum Gasteiger partial charge on any atom is 0.323 e.